The molecule has 8 heteroatoms. The van der Waals surface area contributed by atoms with E-state index in [4.69, 9.17) is 4.74 Å². The predicted molar refractivity (Wildman–Crippen MR) is 136 cm³/mol. The molecule has 5 rings (SSSR count). The number of H-pyrrole nitrogens is 1. The number of likely N-dealkylation sites (tertiary alicyclic amines) is 1. The number of fused-ring (bicyclic) bond motifs is 1. The molecule has 35 heavy (non-hydrogen) atoms. The summed E-state index contributed by atoms with van der Waals surface area (Å²) in [7, 11) is 0. The van der Waals surface area contributed by atoms with Crippen molar-refractivity contribution in [3.63, 3.8) is 0 Å². The molecule has 0 spiro atoms. The Kier molecular flexibility index (Phi) is 6.90. The van der Waals surface area contributed by atoms with E-state index in [0.717, 1.165) is 42.6 Å². The number of tetrazole rings is 1. The van der Waals surface area contributed by atoms with E-state index in [1.54, 1.807) is 0 Å². The molecule has 1 aliphatic rings. The Balaban J connectivity index is 1.56. The Labute approximate surface area is 204 Å². The molecular weight excluding hydrogens is 440 g/mol. The molecule has 1 fully saturated rings. The van der Waals surface area contributed by atoms with Crippen molar-refractivity contribution in [3.8, 4) is 5.75 Å². The normalized spacial score (nSPS) is 17.5. The predicted octanol–water partition coefficient (Wildman–Crippen LogP) is 3.98. The van der Waals surface area contributed by atoms with E-state index in [-0.39, 0.29) is 11.6 Å². The van der Waals surface area contributed by atoms with Crippen molar-refractivity contribution >= 4 is 10.9 Å². The highest BCUT2D eigenvalue weighted by atomic mass is 16.5. The van der Waals surface area contributed by atoms with E-state index in [1.807, 2.05) is 54.1 Å². The van der Waals surface area contributed by atoms with Crippen LogP contribution in [0.5, 0.6) is 5.75 Å². The summed E-state index contributed by atoms with van der Waals surface area (Å²) in [6, 6.07) is 17.7. The fourth-order valence-corrected chi connectivity index (χ4v) is 5.07. The largest absolute Gasteiger partial charge is 0.494 e. The molecule has 4 aromatic rings. The number of nitrogens with one attached hydrogen (secondary N) is 1. The van der Waals surface area contributed by atoms with Gasteiger partial charge in [0.05, 0.1) is 6.61 Å². The summed E-state index contributed by atoms with van der Waals surface area (Å²) < 4.78 is 7.56. The van der Waals surface area contributed by atoms with Crippen LogP contribution in [0.3, 0.4) is 0 Å². The molecule has 2 aromatic carbocycles. The van der Waals surface area contributed by atoms with Gasteiger partial charge in [0.1, 0.15) is 11.8 Å². The third-order valence-electron chi connectivity index (χ3n) is 6.76. The Morgan fingerprint density at radius 1 is 1.17 bits per heavy atom. The monoisotopic (exact) mass is 472 g/mol. The number of piperidine rings is 1. The number of nitrogens with zero attached hydrogens (tertiary/aromatic N) is 5. The first-order valence-electron chi connectivity index (χ1n) is 12.5. The summed E-state index contributed by atoms with van der Waals surface area (Å²) in [5, 5.41) is 13.7. The first kappa shape index (κ1) is 23.2. The lowest BCUT2D eigenvalue weighted by molar-refractivity contribution is 0.141. The Bertz CT molecular complexity index is 1330. The average Bonchev–Trinajstić information content (AvgIpc) is 3.32. The zero-order chi connectivity index (χ0) is 24.2. The van der Waals surface area contributed by atoms with Crippen LogP contribution in [0.1, 0.15) is 49.7 Å². The molecule has 0 amide bonds. The van der Waals surface area contributed by atoms with E-state index >= 15 is 0 Å². The molecule has 8 nitrogen and oxygen atoms in total. The summed E-state index contributed by atoms with van der Waals surface area (Å²) in [4.78, 5) is 18.8. The molecule has 1 aliphatic heterocycles. The minimum absolute atomic E-state index is 0.109. The number of pyridine rings is 1. The second kappa shape index (κ2) is 10.4. The first-order valence-corrected chi connectivity index (χ1v) is 12.5. The maximum absolute atomic E-state index is 13.4. The molecule has 0 saturated carbocycles. The number of aromatic amines is 1. The molecule has 0 bridgehead atoms. The van der Waals surface area contributed by atoms with Gasteiger partial charge in [-0.2, -0.15) is 0 Å². The minimum atomic E-state index is -0.326. The Morgan fingerprint density at radius 2 is 2.03 bits per heavy atom. The van der Waals surface area contributed by atoms with Crippen LogP contribution in [0.2, 0.25) is 0 Å². The summed E-state index contributed by atoms with van der Waals surface area (Å²) in [6.45, 7) is 7.26. The van der Waals surface area contributed by atoms with Crippen LogP contribution >= 0.6 is 0 Å². The van der Waals surface area contributed by atoms with E-state index in [1.165, 1.54) is 12.0 Å². The van der Waals surface area contributed by atoms with Crippen LogP contribution in [0.25, 0.3) is 10.9 Å². The summed E-state index contributed by atoms with van der Waals surface area (Å²) >= 11 is 0. The fraction of sp³-hybridized carbons (Fsp3) is 0.407. The zero-order valence-corrected chi connectivity index (χ0v) is 20.4. The highest BCUT2D eigenvalue weighted by molar-refractivity contribution is 5.80. The Morgan fingerprint density at radius 3 is 2.83 bits per heavy atom. The van der Waals surface area contributed by atoms with Gasteiger partial charge < -0.3 is 9.72 Å². The molecular formula is C27H32N6O2. The van der Waals surface area contributed by atoms with Crippen molar-refractivity contribution in [1.82, 2.24) is 30.1 Å². The van der Waals surface area contributed by atoms with Gasteiger partial charge in [-0.25, -0.2) is 4.68 Å². The number of benzene rings is 2. The standard InChI is InChI=1S/C27H32N6O2/c1-3-35-22-11-12-24-21(16-22)17-23(27(34)28-24)25(32-14-7-8-19(2)18-32)26-29-30-31-33(26)15-13-20-9-5-4-6-10-20/h4-6,9-12,16-17,19,25H,3,7-8,13-15,18H2,1-2H3,(H,28,34)/t19-,25-/m0/s1. The van der Waals surface area contributed by atoms with Crippen LogP contribution in [-0.2, 0) is 13.0 Å². The van der Waals surface area contributed by atoms with Gasteiger partial charge in [-0.1, -0.05) is 37.3 Å². The lowest BCUT2D eigenvalue weighted by Gasteiger charge is -2.36. The molecule has 182 valence electrons. The average molecular weight is 473 g/mol. The molecule has 0 unspecified atom stereocenters. The van der Waals surface area contributed by atoms with Crippen molar-refractivity contribution in [2.45, 2.75) is 45.7 Å². The summed E-state index contributed by atoms with van der Waals surface area (Å²) in [6.07, 6.45) is 3.09. The molecule has 0 aliphatic carbocycles. The third kappa shape index (κ3) is 5.12. The van der Waals surface area contributed by atoms with Gasteiger partial charge in [0, 0.05) is 29.6 Å². The maximum Gasteiger partial charge on any atom is 0.253 e. The molecule has 2 atom stereocenters. The fourth-order valence-electron chi connectivity index (χ4n) is 5.07. The van der Waals surface area contributed by atoms with E-state index in [2.05, 4.69) is 44.5 Å². The van der Waals surface area contributed by atoms with Crippen molar-refractivity contribution in [2.24, 2.45) is 5.92 Å². The molecule has 3 heterocycles. The number of rotatable bonds is 8. The quantitative estimate of drug-likeness (QED) is 0.417. The van der Waals surface area contributed by atoms with Gasteiger partial charge in [-0.3, -0.25) is 9.69 Å². The van der Waals surface area contributed by atoms with Crippen molar-refractivity contribution in [1.29, 1.82) is 0 Å². The van der Waals surface area contributed by atoms with Crippen LogP contribution < -0.4 is 10.3 Å². The SMILES string of the molecule is CCOc1ccc2[nH]c(=O)c([C@@H](c3nnnn3CCc3ccccc3)N3CCC[C@H](C)C3)cc2c1. The van der Waals surface area contributed by atoms with E-state index < -0.39 is 0 Å². The van der Waals surface area contributed by atoms with Crippen LogP contribution in [-0.4, -0.2) is 49.8 Å². The van der Waals surface area contributed by atoms with Crippen LogP contribution in [0.4, 0.5) is 0 Å². The minimum Gasteiger partial charge on any atom is -0.494 e. The van der Waals surface area contributed by atoms with Crippen LogP contribution in [0.15, 0.2) is 59.4 Å². The number of hydrogen-bond acceptors (Lipinski definition) is 6. The van der Waals surface area contributed by atoms with Gasteiger partial charge in [0.15, 0.2) is 5.82 Å². The second-order valence-electron chi connectivity index (χ2n) is 9.38. The topological polar surface area (TPSA) is 88.9 Å². The van der Waals surface area contributed by atoms with E-state index in [0.29, 0.717) is 30.5 Å². The number of hydrogen-bond donors (Lipinski definition) is 1. The molecule has 1 N–H and O–H groups in total. The van der Waals surface area contributed by atoms with Crippen molar-refractivity contribution in [3.05, 3.63) is 81.9 Å². The highest BCUT2D eigenvalue weighted by Gasteiger charge is 2.32. The molecule has 1 saturated heterocycles. The molecule has 2 aromatic heterocycles. The summed E-state index contributed by atoms with van der Waals surface area (Å²) in [5.74, 6) is 2.04. The van der Waals surface area contributed by atoms with Crippen molar-refractivity contribution < 1.29 is 4.74 Å². The third-order valence-corrected chi connectivity index (χ3v) is 6.76. The maximum atomic E-state index is 13.4. The van der Waals surface area contributed by atoms with Gasteiger partial charge in [0.2, 0.25) is 0 Å². The second-order valence-corrected chi connectivity index (χ2v) is 9.38. The van der Waals surface area contributed by atoms with Crippen molar-refractivity contribution in [2.75, 3.05) is 19.7 Å². The van der Waals surface area contributed by atoms with Crippen LogP contribution in [0, 0.1) is 5.92 Å². The molecule has 0 radical (unpaired) electrons. The number of aryl methyl sites for hydroxylation is 2. The summed E-state index contributed by atoms with van der Waals surface area (Å²) in [5.41, 5.74) is 2.57. The van der Waals surface area contributed by atoms with Gasteiger partial charge in [-0.15, -0.1) is 5.10 Å². The highest BCUT2D eigenvalue weighted by Crippen LogP contribution is 2.31. The lowest BCUT2D eigenvalue weighted by Crippen LogP contribution is -2.41. The zero-order valence-electron chi connectivity index (χ0n) is 20.4. The number of aromatic nitrogens is 5. The Hall–Kier alpha value is -3.52. The number of ether oxygens (including phenoxy) is 1. The van der Waals surface area contributed by atoms with Gasteiger partial charge in [0.25, 0.3) is 5.56 Å². The van der Waals surface area contributed by atoms with Gasteiger partial charge >= 0.3 is 0 Å². The smallest absolute Gasteiger partial charge is 0.253 e. The van der Waals surface area contributed by atoms with E-state index in [9.17, 15) is 4.79 Å². The first-order chi connectivity index (χ1) is 17.1. The lowest BCUT2D eigenvalue weighted by atomic mass is 9.95. The van der Waals surface area contributed by atoms with Gasteiger partial charge in [-0.05, 0) is 78.9 Å².